The van der Waals surface area contributed by atoms with E-state index in [0.29, 0.717) is 5.92 Å². The number of hydrogen-bond acceptors (Lipinski definition) is 4. The molecule has 0 aromatic carbocycles. The molecule has 4 rings (SSSR count). The van der Waals surface area contributed by atoms with Gasteiger partial charge in [0.25, 0.3) is 5.56 Å². The first-order chi connectivity index (χ1) is 10.7. The van der Waals surface area contributed by atoms with Crippen LogP contribution in [0, 0.1) is 12.8 Å². The minimum atomic E-state index is 0.0574. The number of aromatic amines is 1. The Bertz CT molecular complexity index is 741. The molecule has 0 atom stereocenters. The number of nitrogens with zero attached hydrogens (tertiary/aromatic N) is 4. The molecule has 0 unspecified atom stereocenters. The van der Waals surface area contributed by atoms with E-state index in [0.717, 1.165) is 68.1 Å². The Morgan fingerprint density at radius 3 is 2.95 bits per heavy atom. The molecule has 0 bridgehead atoms. The molecule has 0 radical (unpaired) electrons. The highest BCUT2D eigenvalue weighted by atomic mass is 16.1. The molecule has 22 heavy (non-hydrogen) atoms. The molecular weight excluding hydrogens is 278 g/mol. The summed E-state index contributed by atoms with van der Waals surface area (Å²) < 4.78 is 1.67. The number of likely N-dealkylation sites (tertiary alicyclic amines) is 1. The zero-order valence-electron chi connectivity index (χ0n) is 12.9. The minimum absolute atomic E-state index is 0.0574. The Labute approximate surface area is 129 Å². The second kappa shape index (κ2) is 5.35. The molecule has 2 aromatic heterocycles. The van der Waals surface area contributed by atoms with E-state index in [1.165, 1.54) is 0 Å². The lowest BCUT2D eigenvalue weighted by atomic mass is 10.00. The first-order valence-corrected chi connectivity index (χ1v) is 8.00. The van der Waals surface area contributed by atoms with Crippen molar-refractivity contribution in [2.45, 2.75) is 39.3 Å². The number of aromatic nitrogens is 4. The van der Waals surface area contributed by atoms with E-state index in [4.69, 9.17) is 0 Å². The third kappa shape index (κ3) is 2.59. The Kier molecular flexibility index (Phi) is 3.33. The summed E-state index contributed by atoms with van der Waals surface area (Å²) in [6, 6.07) is 3.87. The number of aryl methyl sites for hydroxylation is 3. The van der Waals surface area contributed by atoms with Crippen molar-refractivity contribution < 1.29 is 0 Å². The van der Waals surface area contributed by atoms with Gasteiger partial charge in [0.05, 0.1) is 17.9 Å². The van der Waals surface area contributed by atoms with E-state index in [-0.39, 0.29) is 5.56 Å². The first-order valence-electron chi connectivity index (χ1n) is 8.00. The van der Waals surface area contributed by atoms with E-state index in [9.17, 15) is 4.79 Å². The molecule has 1 fully saturated rings. The van der Waals surface area contributed by atoms with E-state index in [1.54, 1.807) is 10.7 Å². The van der Waals surface area contributed by atoms with Crippen LogP contribution < -0.4 is 5.56 Å². The summed E-state index contributed by atoms with van der Waals surface area (Å²) in [7, 11) is 0. The second-order valence-corrected chi connectivity index (χ2v) is 6.59. The average Bonchev–Trinajstić information content (AvgIpc) is 3.05. The molecule has 2 aliphatic rings. The lowest BCUT2D eigenvalue weighted by molar-refractivity contribution is 0.0752. The number of fused-ring (bicyclic) bond motifs is 1. The van der Waals surface area contributed by atoms with Crippen molar-refractivity contribution in [1.29, 1.82) is 0 Å². The normalized spacial score (nSPS) is 18.4. The molecule has 1 aliphatic carbocycles. The molecule has 3 heterocycles. The maximum Gasteiger partial charge on any atom is 0.267 e. The topological polar surface area (TPSA) is 66.8 Å². The van der Waals surface area contributed by atoms with Crippen LogP contribution in [0.25, 0.3) is 0 Å². The van der Waals surface area contributed by atoms with E-state index in [2.05, 4.69) is 26.3 Å². The molecule has 0 amide bonds. The van der Waals surface area contributed by atoms with Crippen molar-refractivity contribution in [2.24, 2.45) is 5.92 Å². The summed E-state index contributed by atoms with van der Waals surface area (Å²) in [5.41, 5.74) is 4.53. The predicted molar refractivity (Wildman–Crippen MR) is 82.6 cm³/mol. The van der Waals surface area contributed by atoms with Gasteiger partial charge >= 0.3 is 0 Å². The molecule has 6 heteroatoms. The fraction of sp³-hybridized carbons (Fsp3) is 0.562. The van der Waals surface area contributed by atoms with Gasteiger partial charge in [-0.3, -0.25) is 14.8 Å². The van der Waals surface area contributed by atoms with Gasteiger partial charge in [-0.15, -0.1) is 0 Å². The fourth-order valence-electron chi connectivity index (χ4n) is 3.52. The van der Waals surface area contributed by atoms with Crippen molar-refractivity contribution in [3.63, 3.8) is 0 Å². The first kappa shape index (κ1) is 13.7. The van der Waals surface area contributed by atoms with Crippen LogP contribution in [0.4, 0.5) is 0 Å². The number of H-pyrrole nitrogens is 1. The highest BCUT2D eigenvalue weighted by molar-refractivity contribution is 5.22. The zero-order valence-corrected chi connectivity index (χ0v) is 12.9. The largest absolute Gasteiger partial charge is 0.297 e. The van der Waals surface area contributed by atoms with Crippen LogP contribution in [0.1, 0.15) is 29.1 Å². The Morgan fingerprint density at radius 1 is 1.32 bits per heavy atom. The fourth-order valence-corrected chi connectivity index (χ4v) is 3.52. The van der Waals surface area contributed by atoms with Gasteiger partial charge in [-0.2, -0.15) is 10.2 Å². The SMILES string of the molecule is Cc1cc(CN2CC(Cn3nc4c(cc3=O)CCC4)C2)n[nH]1. The highest BCUT2D eigenvalue weighted by Crippen LogP contribution is 2.21. The Hall–Kier alpha value is -1.95. The molecule has 0 spiro atoms. The maximum absolute atomic E-state index is 12.1. The van der Waals surface area contributed by atoms with Crippen molar-refractivity contribution in [1.82, 2.24) is 24.9 Å². The van der Waals surface area contributed by atoms with Crippen LogP contribution in [0.3, 0.4) is 0 Å². The quantitative estimate of drug-likeness (QED) is 0.911. The van der Waals surface area contributed by atoms with Crippen LogP contribution in [0.2, 0.25) is 0 Å². The smallest absolute Gasteiger partial charge is 0.267 e. The minimum Gasteiger partial charge on any atom is -0.297 e. The summed E-state index contributed by atoms with van der Waals surface area (Å²) in [5, 5.41) is 11.8. The summed E-state index contributed by atoms with van der Waals surface area (Å²) in [6.07, 6.45) is 3.16. The average molecular weight is 299 g/mol. The van der Waals surface area contributed by atoms with Crippen molar-refractivity contribution in [2.75, 3.05) is 13.1 Å². The number of hydrogen-bond donors (Lipinski definition) is 1. The van der Waals surface area contributed by atoms with Crippen molar-refractivity contribution in [3.05, 3.63) is 45.1 Å². The molecular formula is C16H21N5O. The van der Waals surface area contributed by atoms with Gasteiger partial charge in [0.2, 0.25) is 0 Å². The van der Waals surface area contributed by atoms with Crippen molar-refractivity contribution in [3.8, 4) is 0 Å². The van der Waals surface area contributed by atoms with Gasteiger partial charge < -0.3 is 0 Å². The van der Waals surface area contributed by atoms with Crippen LogP contribution in [-0.4, -0.2) is 38.0 Å². The maximum atomic E-state index is 12.1. The summed E-state index contributed by atoms with van der Waals surface area (Å²) >= 11 is 0. The Balaban J connectivity index is 1.35. The van der Waals surface area contributed by atoms with E-state index >= 15 is 0 Å². The van der Waals surface area contributed by atoms with E-state index < -0.39 is 0 Å². The summed E-state index contributed by atoms with van der Waals surface area (Å²) in [5.74, 6) is 0.518. The molecule has 1 saturated heterocycles. The van der Waals surface area contributed by atoms with Crippen molar-refractivity contribution >= 4 is 0 Å². The van der Waals surface area contributed by atoms with Crippen LogP contribution in [0.15, 0.2) is 16.9 Å². The summed E-state index contributed by atoms with van der Waals surface area (Å²) in [4.78, 5) is 14.5. The molecule has 0 saturated carbocycles. The predicted octanol–water partition coefficient (Wildman–Crippen LogP) is 0.896. The lowest BCUT2D eigenvalue weighted by Crippen LogP contribution is -2.49. The molecule has 116 valence electrons. The summed E-state index contributed by atoms with van der Waals surface area (Å²) in [6.45, 7) is 5.66. The third-order valence-electron chi connectivity index (χ3n) is 4.63. The van der Waals surface area contributed by atoms with Gasteiger partial charge in [-0.25, -0.2) is 4.68 Å². The highest BCUT2D eigenvalue weighted by Gasteiger charge is 2.28. The molecule has 6 nitrogen and oxygen atoms in total. The Morgan fingerprint density at radius 2 is 2.18 bits per heavy atom. The van der Waals surface area contributed by atoms with Crippen LogP contribution in [-0.2, 0) is 25.9 Å². The van der Waals surface area contributed by atoms with Crippen LogP contribution in [0.5, 0.6) is 0 Å². The van der Waals surface area contributed by atoms with Gasteiger partial charge in [0, 0.05) is 37.3 Å². The zero-order chi connectivity index (χ0) is 15.1. The van der Waals surface area contributed by atoms with Gasteiger partial charge in [0.1, 0.15) is 0 Å². The second-order valence-electron chi connectivity index (χ2n) is 6.59. The number of nitrogens with one attached hydrogen (secondary N) is 1. The molecule has 1 aliphatic heterocycles. The van der Waals surface area contributed by atoms with E-state index in [1.807, 2.05) is 6.92 Å². The monoisotopic (exact) mass is 299 g/mol. The third-order valence-corrected chi connectivity index (χ3v) is 4.63. The van der Waals surface area contributed by atoms with Gasteiger partial charge in [-0.1, -0.05) is 0 Å². The van der Waals surface area contributed by atoms with Gasteiger partial charge in [0.15, 0.2) is 0 Å². The van der Waals surface area contributed by atoms with Gasteiger partial charge in [-0.05, 0) is 37.8 Å². The molecule has 1 N–H and O–H groups in total. The number of rotatable bonds is 4. The lowest BCUT2D eigenvalue weighted by Gasteiger charge is -2.38. The molecule has 2 aromatic rings. The van der Waals surface area contributed by atoms with Crippen LogP contribution >= 0.6 is 0 Å². The standard InChI is InChI=1S/C16H21N5O/c1-11-5-14(18-17-11)10-20-7-12(8-20)9-21-16(22)6-13-3-2-4-15(13)19-21/h5-6,12H,2-4,7-10H2,1H3,(H,17,18).